The molecule has 1 heterocycles. The summed E-state index contributed by atoms with van der Waals surface area (Å²) >= 11 is 0. The average Bonchev–Trinajstić information content (AvgIpc) is 2.55. The minimum Gasteiger partial charge on any atom is -0.320 e. The van der Waals surface area contributed by atoms with Crippen LogP contribution in [0.2, 0.25) is 0 Å². The monoisotopic (exact) mass is 162 g/mol. The van der Waals surface area contributed by atoms with Gasteiger partial charge in [0, 0.05) is 6.20 Å². The van der Waals surface area contributed by atoms with Crippen molar-refractivity contribution in [3.63, 3.8) is 0 Å². The van der Waals surface area contributed by atoms with Crippen molar-refractivity contribution in [1.82, 2.24) is 4.98 Å². The molecule has 1 aromatic heterocycles. The van der Waals surface area contributed by atoms with E-state index >= 15 is 0 Å². The van der Waals surface area contributed by atoms with E-state index in [0.717, 1.165) is 18.5 Å². The van der Waals surface area contributed by atoms with E-state index in [1.807, 2.05) is 24.4 Å². The van der Waals surface area contributed by atoms with Crippen LogP contribution >= 0.6 is 0 Å². The number of nitrogens with zero attached hydrogens (tertiary/aromatic N) is 1. The number of rotatable bonds is 1. The van der Waals surface area contributed by atoms with Gasteiger partial charge in [0.1, 0.15) is 0 Å². The normalized spacial score (nSPS) is 21.1. The van der Waals surface area contributed by atoms with Crippen LogP contribution in [0.1, 0.15) is 31.4 Å². The van der Waals surface area contributed by atoms with Crippen LogP contribution in [0.25, 0.3) is 0 Å². The zero-order valence-corrected chi connectivity index (χ0v) is 7.16. The molecular weight excluding hydrogens is 148 g/mol. The molecule has 2 heteroatoms. The molecule has 0 saturated heterocycles. The zero-order valence-electron chi connectivity index (χ0n) is 7.16. The first kappa shape index (κ1) is 7.74. The third kappa shape index (κ3) is 1.23. The van der Waals surface area contributed by atoms with Crippen molar-refractivity contribution in [1.29, 1.82) is 0 Å². The summed E-state index contributed by atoms with van der Waals surface area (Å²) < 4.78 is 0. The van der Waals surface area contributed by atoms with Crippen LogP contribution in [-0.4, -0.2) is 4.98 Å². The second-order valence-electron chi connectivity index (χ2n) is 3.58. The largest absolute Gasteiger partial charge is 0.320 e. The average molecular weight is 162 g/mol. The van der Waals surface area contributed by atoms with Crippen molar-refractivity contribution >= 4 is 0 Å². The molecule has 12 heavy (non-hydrogen) atoms. The van der Waals surface area contributed by atoms with E-state index < -0.39 is 0 Å². The van der Waals surface area contributed by atoms with Crippen LogP contribution in [-0.2, 0) is 5.54 Å². The second-order valence-corrected chi connectivity index (χ2v) is 3.58. The molecule has 1 fully saturated rings. The fourth-order valence-corrected chi connectivity index (χ4v) is 1.92. The molecule has 0 bridgehead atoms. The van der Waals surface area contributed by atoms with Gasteiger partial charge in [0.15, 0.2) is 0 Å². The Balaban J connectivity index is 2.29. The van der Waals surface area contributed by atoms with Gasteiger partial charge in [-0.3, -0.25) is 4.98 Å². The second kappa shape index (κ2) is 2.87. The van der Waals surface area contributed by atoms with Crippen LogP contribution in [0.4, 0.5) is 0 Å². The highest BCUT2D eigenvalue weighted by molar-refractivity contribution is 5.16. The summed E-state index contributed by atoms with van der Waals surface area (Å²) in [6.45, 7) is 0. The van der Waals surface area contributed by atoms with Crippen LogP contribution in [0, 0.1) is 0 Å². The zero-order chi connectivity index (χ0) is 8.44. The molecule has 2 N–H and O–H groups in total. The number of hydrogen-bond donors (Lipinski definition) is 1. The summed E-state index contributed by atoms with van der Waals surface area (Å²) in [6.07, 6.45) is 6.48. The van der Waals surface area contributed by atoms with Crippen molar-refractivity contribution in [2.45, 2.75) is 31.2 Å². The molecule has 1 aromatic rings. The van der Waals surface area contributed by atoms with Crippen molar-refractivity contribution in [3.05, 3.63) is 30.1 Å². The molecule has 0 radical (unpaired) electrons. The summed E-state index contributed by atoms with van der Waals surface area (Å²) in [5.74, 6) is 0. The lowest BCUT2D eigenvalue weighted by atomic mass is 9.94. The molecule has 1 saturated carbocycles. The quantitative estimate of drug-likeness (QED) is 0.684. The summed E-state index contributed by atoms with van der Waals surface area (Å²) in [7, 11) is 0. The Bertz CT molecular complexity index is 250. The first-order valence-corrected chi connectivity index (χ1v) is 4.52. The maximum Gasteiger partial charge on any atom is 0.0602 e. The molecule has 1 aliphatic carbocycles. The Morgan fingerprint density at radius 2 is 2.00 bits per heavy atom. The Morgan fingerprint density at radius 1 is 1.25 bits per heavy atom. The molecule has 1 aliphatic rings. The Kier molecular flexibility index (Phi) is 1.85. The lowest BCUT2D eigenvalue weighted by Gasteiger charge is -2.22. The van der Waals surface area contributed by atoms with E-state index in [2.05, 4.69) is 4.98 Å². The molecule has 0 atom stereocenters. The van der Waals surface area contributed by atoms with Gasteiger partial charge in [-0.05, 0) is 25.0 Å². The van der Waals surface area contributed by atoms with Gasteiger partial charge in [-0.1, -0.05) is 18.9 Å². The molecule has 2 rings (SSSR count). The third-order valence-electron chi connectivity index (χ3n) is 2.67. The maximum atomic E-state index is 6.22. The first-order chi connectivity index (χ1) is 5.81. The number of pyridine rings is 1. The molecule has 0 spiro atoms. The summed E-state index contributed by atoms with van der Waals surface area (Å²) in [5.41, 5.74) is 7.15. The molecule has 2 nitrogen and oxygen atoms in total. The lowest BCUT2D eigenvalue weighted by Crippen LogP contribution is -2.33. The number of aromatic nitrogens is 1. The highest BCUT2D eigenvalue weighted by Gasteiger charge is 2.31. The molecule has 0 unspecified atom stereocenters. The standard InChI is InChI=1S/C10H14N2/c11-10(6-2-3-7-10)9-5-1-4-8-12-9/h1,4-5,8H,2-3,6-7,11H2. The fraction of sp³-hybridized carbons (Fsp3) is 0.500. The Labute approximate surface area is 72.8 Å². The third-order valence-corrected chi connectivity index (χ3v) is 2.67. The van der Waals surface area contributed by atoms with Gasteiger partial charge in [0.25, 0.3) is 0 Å². The fourth-order valence-electron chi connectivity index (χ4n) is 1.92. The molecule has 0 amide bonds. The molecule has 64 valence electrons. The summed E-state index contributed by atoms with van der Waals surface area (Å²) in [4.78, 5) is 4.31. The molecule has 0 aromatic carbocycles. The highest BCUT2D eigenvalue weighted by atomic mass is 14.8. The van der Waals surface area contributed by atoms with Gasteiger partial charge >= 0.3 is 0 Å². The first-order valence-electron chi connectivity index (χ1n) is 4.52. The topological polar surface area (TPSA) is 38.9 Å². The van der Waals surface area contributed by atoms with Gasteiger partial charge in [0.2, 0.25) is 0 Å². The lowest BCUT2D eigenvalue weighted by molar-refractivity contribution is 0.447. The van der Waals surface area contributed by atoms with Crippen LogP contribution < -0.4 is 5.73 Å². The minimum atomic E-state index is -0.124. The van der Waals surface area contributed by atoms with E-state index in [1.165, 1.54) is 12.8 Å². The predicted molar refractivity (Wildman–Crippen MR) is 48.6 cm³/mol. The van der Waals surface area contributed by atoms with Gasteiger partial charge in [-0.2, -0.15) is 0 Å². The van der Waals surface area contributed by atoms with E-state index in [0.29, 0.717) is 0 Å². The van der Waals surface area contributed by atoms with Gasteiger partial charge in [-0.25, -0.2) is 0 Å². The SMILES string of the molecule is NC1(c2ccccn2)CCCC1. The highest BCUT2D eigenvalue weighted by Crippen LogP contribution is 2.34. The van der Waals surface area contributed by atoms with Crippen LogP contribution in [0.3, 0.4) is 0 Å². The van der Waals surface area contributed by atoms with Crippen molar-refractivity contribution in [3.8, 4) is 0 Å². The van der Waals surface area contributed by atoms with Crippen LogP contribution in [0.5, 0.6) is 0 Å². The predicted octanol–water partition coefficient (Wildman–Crippen LogP) is 1.81. The van der Waals surface area contributed by atoms with Crippen LogP contribution in [0.15, 0.2) is 24.4 Å². The van der Waals surface area contributed by atoms with Crippen molar-refractivity contribution in [2.75, 3.05) is 0 Å². The van der Waals surface area contributed by atoms with E-state index in [4.69, 9.17) is 5.73 Å². The van der Waals surface area contributed by atoms with E-state index in [9.17, 15) is 0 Å². The van der Waals surface area contributed by atoms with E-state index in [-0.39, 0.29) is 5.54 Å². The summed E-state index contributed by atoms with van der Waals surface area (Å²) in [6, 6.07) is 5.97. The number of nitrogens with two attached hydrogens (primary N) is 1. The number of hydrogen-bond acceptors (Lipinski definition) is 2. The Morgan fingerprint density at radius 3 is 2.58 bits per heavy atom. The smallest absolute Gasteiger partial charge is 0.0602 e. The van der Waals surface area contributed by atoms with Gasteiger partial charge in [0.05, 0.1) is 11.2 Å². The van der Waals surface area contributed by atoms with Gasteiger partial charge < -0.3 is 5.73 Å². The molecular formula is C10H14N2. The minimum absolute atomic E-state index is 0.124. The van der Waals surface area contributed by atoms with Gasteiger partial charge in [-0.15, -0.1) is 0 Å². The summed E-state index contributed by atoms with van der Waals surface area (Å²) in [5, 5.41) is 0. The maximum absolute atomic E-state index is 6.22. The molecule has 0 aliphatic heterocycles. The Hall–Kier alpha value is -0.890. The van der Waals surface area contributed by atoms with Crippen molar-refractivity contribution in [2.24, 2.45) is 5.73 Å². The van der Waals surface area contributed by atoms with Crippen molar-refractivity contribution < 1.29 is 0 Å². The van der Waals surface area contributed by atoms with E-state index in [1.54, 1.807) is 0 Å².